The Labute approximate surface area is 73.7 Å². The molecule has 3 saturated carbocycles. The first kappa shape index (κ1) is 7.34. The maximum absolute atomic E-state index is 6.27. The van der Waals surface area contributed by atoms with Gasteiger partial charge in [0.05, 0.1) is 0 Å². The molecule has 2 heteroatoms. The van der Waals surface area contributed by atoms with Crippen molar-refractivity contribution in [3.8, 4) is 0 Å². The van der Waals surface area contributed by atoms with Gasteiger partial charge in [-0.3, -0.25) is 0 Å². The average Bonchev–Trinajstić information content (AvgIpc) is 1.80. The van der Waals surface area contributed by atoms with Crippen LogP contribution in [0.15, 0.2) is 0 Å². The van der Waals surface area contributed by atoms with Gasteiger partial charge in [0.15, 0.2) is 0 Å². The van der Waals surface area contributed by atoms with Gasteiger partial charge in [0.2, 0.25) is 0 Å². The molecule has 12 heavy (non-hydrogen) atoms. The first-order chi connectivity index (χ1) is 5.72. The average molecular weight is 166 g/mol. The summed E-state index contributed by atoms with van der Waals surface area (Å²) in [7, 11) is 0. The third-order valence-corrected chi connectivity index (χ3v) is 5.05. The summed E-state index contributed by atoms with van der Waals surface area (Å²) in [5.74, 6) is 0. The van der Waals surface area contributed by atoms with Crippen molar-refractivity contribution in [1.82, 2.24) is 0 Å². The lowest BCUT2D eigenvalue weighted by atomic mass is 9.34. The molecule has 0 amide bonds. The van der Waals surface area contributed by atoms with Crippen LogP contribution in [-0.4, -0.2) is 12.1 Å². The normalized spacial score (nSPS) is 46.5. The summed E-state index contributed by atoms with van der Waals surface area (Å²) < 4.78 is 0. The molecule has 3 rings (SSSR count). The lowest BCUT2D eigenvalue weighted by molar-refractivity contribution is -0.186. The highest BCUT2D eigenvalue weighted by molar-refractivity contribution is 5.26. The van der Waals surface area contributed by atoms with Crippen LogP contribution >= 0.6 is 0 Å². The zero-order chi connectivity index (χ0) is 8.40. The van der Waals surface area contributed by atoms with Crippen LogP contribution in [0.2, 0.25) is 0 Å². The molecule has 0 unspecified atom stereocenters. The predicted octanol–water partition coefficient (Wildman–Crippen LogP) is 0.995. The SMILES string of the molecule is NC1C2(CCC2)C(N)C12CCC2. The molecule has 0 aromatic heterocycles. The molecule has 3 aliphatic carbocycles. The standard InChI is InChI=1S/C10H18N2/c11-7-9(3-1-4-9)8(12)10(7)5-2-6-10/h7-8H,1-6,11-12H2. The van der Waals surface area contributed by atoms with Gasteiger partial charge >= 0.3 is 0 Å². The molecule has 2 nitrogen and oxygen atoms in total. The Hall–Kier alpha value is -0.0800. The van der Waals surface area contributed by atoms with Crippen molar-refractivity contribution in [2.24, 2.45) is 22.3 Å². The minimum absolute atomic E-state index is 0.403. The van der Waals surface area contributed by atoms with Gasteiger partial charge in [0.25, 0.3) is 0 Å². The van der Waals surface area contributed by atoms with Crippen molar-refractivity contribution in [3.63, 3.8) is 0 Å². The summed E-state index contributed by atoms with van der Waals surface area (Å²) >= 11 is 0. The molecule has 4 N–H and O–H groups in total. The minimum atomic E-state index is 0.403. The second-order valence-electron chi connectivity index (χ2n) is 5.13. The fraction of sp³-hybridized carbons (Fsp3) is 1.00. The Morgan fingerprint density at radius 1 is 0.750 bits per heavy atom. The Bertz CT molecular complexity index is 180. The fourth-order valence-electron chi connectivity index (χ4n) is 3.85. The Kier molecular flexibility index (Phi) is 1.15. The summed E-state index contributed by atoms with van der Waals surface area (Å²) in [6, 6.07) is 0.894. The van der Waals surface area contributed by atoms with Gasteiger partial charge in [-0.05, 0) is 25.7 Å². The molecule has 0 atom stereocenters. The first-order valence-corrected chi connectivity index (χ1v) is 5.24. The number of rotatable bonds is 0. The van der Waals surface area contributed by atoms with Crippen molar-refractivity contribution in [3.05, 3.63) is 0 Å². The summed E-state index contributed by atoms with van der Waals surface area (Å²) in [5, 5.41) is 0. The van der Waals surface area contributed by atoms with Gasteiger partial charge in [-0.25, -0.2) is 0 Å². The molecule has 0 aromatic carbocycles. The van der Waals surface area contributed by atoms with Crippen LogP contribution in [0.5, 0.6) is 0 Å². The van der Waals surface area contributed by atoms with Crippen LogP contribution in [-0.2, 0) is 0 Å². The van der Waals surface area contributed by atoms with Gasteiger partial charge in [0.1, 0.15) is 0 Å². The Morgan fingerprint density at radius 2 is 1.08 bits per heavy atom. The number of hydrogen-bond acceptors (Lipinski definition) is 2. The largest absolute Gasteiger partial charge is 0.327 e. The van der Waals surface area contributed by atoms with E-state index in [1.54, 1.807) is 0 Å². The van der Waals surface area contributed by atoms with E-state index < -0.39 is 0 Å². The first-order valence-electron chi connectivity index (χ1n) is 5.24. The summed E-state index contributed by atoms with van der Waals surface area (Å²) in [5.41, 5.74) is 13.3. The van der Waals surface area contributed by atoms with Crippen molar-refractivity contribution in [2.75, 3.05) is 0 Å². The molecule has 0 bridgehead atoms. The van der Waals surface area contributed by atoms with E-state index in [1.807, 2.05) is 0 Å². The lowest BCUT2D eigenvalue weighted by Crippen LogP contribution is -2.82. The Morgan fingerprint density at radius 3 is 1.25 bits per heavy atom. The number of nitrogens with two attached hydrogens (primary N) is 2. The van der Waals surface area contributed by atoms with Crippen LogP contribution < -0.4 is 11.5 Å². The maximum atomic E-state index is 6.27. The van der Waals surface area contributed by atoms with Gasteiger partial charge in [-0.2, -0.15) is 0 Å². The maximum Gasteiger partial charge on any atom is 0.0183 e. The van der Waals surface area contributed by atoms with Crippen LogP contribution in [0.3, 0.4) is 0 Å². The van der Waals surface area contributed by atoms with Crippen LogP contribution in [0.25, 0.3) is 0 Å². The van der Waals surface area contributed by atoms with E-state index in [-0.39, 0.29) is 0 Å². The Balaban J connectivity index is 1.86. The number of hydrogen-bond donors (Lipinski definition) is 2. The van der Waals surface area contributed by atoms with E-state index in [0.29, 0.717) is 22.9 Å². The molecular formula is C10H18N2. The van der Waals surface area contributed by atoms with Gasteiger partial charge in [0, 0.05) is 22.9 Å². The van der Waals surface area contributed by atoms with E-state index in [9.17, 15) is 0 Å². The van der Waals surface area contributed by atoms with E-state index in [0.717, 1.165) is 0 Å². The van der Waals surface area contributed by atoms with Crippen LogP contribution in [0, 0.1) is 10.8 Å². The molecule has 68 valence electrons. The zero-order valence-corrected chi connectivity index (χ0v) is 7.55. The van der Waals surface area contributed by atoms with Gasteiger partial charge < -0.3 is 11.5 Å². The highest BCUT2D eigenvalue weighted by Crippen LogP contribution is 2.68. The molecule has 0 saturated heterocycles. The van der Waals surface area contributed by atoms with Crippen molar-refractivity contribution < 1.29 is 0 Å². The topological polar surface area (TPSA) is 52.0 Å². The zero-order valence-electron chi connectivity index (χ0n) is 7.55. The van der Waals surface area contributed by atoms with Crippen molar-refractivity contribution >= 4 is 0 Å². The van der Waals surface area contributed by atoms with E-state index in [1.165, 1.54) is 38.5 Å². The lowest BCUT2D eigenvalue weighted by Gasteiger charge is -2.73. The van der Waals surface area contributed by atoms with Crippen molar-refractivity contribution in [1.29, 1.82) is 0 Å². The molecule has 0 radical (unpaired) electrons. The molecule has 2 spiro atoms. The minimum Gasteiger partial charge on any atom is -0.327 e. The van der Waals surface area contributed by atoms with Crippen LogP contribution in [0.1, 0.15) is 38.5 Å². The monoisotopic (exact) mass is 166 g/mol. The molecular weight excluding hydrogens is 148 g/mol. The summed E-state index contributed by atoms with van der Waals surface area (Å²) in [6.45, 7) is 0. The van der Waals surface area contributed by atoms with Crippen molar-refractivity contribution in [2.45, 2.75) is 50.6 Å². The second-order valence-corrected chi connectivity index (χ2v) is 5.13. The third kappa shape index (κ3) is 0.495. The summed E-state index contributed by atoms with van der Waals surface area (Å²) in [4.78, 5) is 0. The van der Waals surface area contributed by atoms with E-state index in [2.05, 4.69) is 0 Å². The van der Waals surface area contributed by atoms with Gasteiger partial charge in [-0.1, -0.05) is 12.8 Å². The summed E-state index contributed by atoms with van der Waals surface area (Å²) in [6.07, 6.45) is 7.93. The molecule has 0 heterocycles. The highest BCUT2D eigenvalue weighted by atomic mass is 15.0. The third-order valence-electron chi connectivity index (χ3n) is 5.05. The van der Waals surface area contributed by atoms with E-state index >= 15 is 0 Å². The van der Waals surface area contributed by atoms with Gasteiger partial charge in [-0.15, -0.1) is 0 Å². The van der Waals surface area contributed by atoms with Crippen LogP contribution in [0.4, 0.5) is 0 Å². The predicted molar refractivity (Wildman–Crippen MR) is 48.5 cm³/mol. The molecule has 0 aliphatic heterocycles. The quantitative estimate of drug-likeness (QED) is 0.564. The highest BCUT2D eigenvalue weighted by Gasteiger charge is 2.70. The van der Waals surface area contributed by atoms with E-state index in [4.69, 9.17) is 11.5 Å². The second kappa shape index (κ2) is 1.88. The molecule has 3 aliphatic rings. The fourth-order valence-corrected chi connectivity index (χ4v) is 3.85. The molecule has 0 aromatic rings. The molecule has 3 fully saturated rings. The smallest absolute Gasteiger partial charge is 0.0183 e.